The zero-order valence-electron chi connectivity index (χ0n) is 13.9. The summed E-state index contributed by atoms with van der Waals surface area (Å²) in [6.45, 7) is 7.50. The third kappa shape index (κ3) is 3.64. The number of benzene rings is 1. The Bertz CT molecular complexity index is 696. The summed E-state index contributed by atoms with van der Waals surface area (Å²) in [5.74, 6) is 0. The van der Waals surface area contributed by atoms with Gasteiger partial charge in [0.1, 0.15) is 5.60 Å². The summed E-state index contributed by atoms with van der Waals surface area (Å²) in [7, 11) is 0. The largest absolute Gasteiger partial charge is 0.442 e. The van der Waals surface area contributed by atoms with Crippen LogP contribution >= 0.6 is 0 Å². The van der Waals surface area contributed by atoms with Gasteiger partial charge in [-0.15, -0.1) is 0 Å². The van der Waals surface area contributed by atoms with Crippen LogP contribution in [0.5, 0.6) is 0 Å². The fourth-order valence-corrected chi connectivity index (χ4v) is 2.82. The normalized spacial score (nSPS) is 18.3. The highest BCUT2D eigenvalue weighted by Gasteiger charge is 2.21. The van der Waals surface area contributed by atoms with Gasteiger partial charge in [-0.25, -0.2) is 4.79 Å². The maximum atomic E-state index is 12.3. The van der Waals surface area contributed by atoms with Crippen molar-refractivity contribution in [2.45, 2.75) is 45.3 Å². The van der Waals surface area contributed by atoms with Gasteiger partial charge in [-0.3, -0.25) is 0 Å². The van der Waals surface area contributed by atoms with Gasteiger partial charge in [0.25, 0.3) is 0 Å². The van der Waals surface area contributed by atoms with Crippen molar-refractivity contribution in [3.05, 3.63) is 24.4 Å². The van der Waals surface area contributed by atoms with E-state index >= 15 is 0 Å². The van der Waals surface area contributed by atoms with Crippen LogP contribution in [0.4, 0.5) is 10.5 Å². The summed E-state index contributed by atoms with van der Waals surface area (Å²) in [5, 5.41) is 12.1. The molecule has 6 heteroatoms. The van der Waals surface area contributed by atoms with Gasteiger partial charge in [0.05, 0.1) is 11.7 Å². The molecule has 3 rings (SSSR count). The average Bonchev–Trinajstić information content (AvgIpc) is 3.12. The highest BCUT2D eigenvalue weighted by molar-refractivity contribution is 5.95. The topological polar surface area (TPSA) is 68.2 Å². The summed E-state index contributed by atoms with van der Waals surface area (Å²) in [6, 6.07) is 6.32. The number of hydrogen-bond acceptors (Lipinski definition) is 5. The van der Waals surface area contributed by atoms with E-state index in [1.807, 2.05) is 39.0 Å². The predicted octanol–water partition coefficient (Wildman–Crippen LogP) is 2.98. The van der Waals surface area contributed by atoms with Gasteiger partial charge in [0.2, 0.25) is 0 Å². The van der Waals surface area contributed by atoms with Gasteiger partial charge in [-0.2, -0.15) is 9.78 Å². The summed E-state index contributed by atoms with van der Waals surface area (Å²) in [4.78, 5) is 12.3. The number of rotatable bonds is 3. The standard InChI is InChI=1S/C17H24N4O2/c1-17(2,3)23-16(22)21-15-8-4-7-14(13(15)11-20-21)19-10-12-6-5-9-18-12/h4,7-8,11-12,18-19H,5-6,9-10H2,1-3H3/t12-/m1/s1. The summed E-state index contributed by atoms with van der Waals surface area (Å²) < 4.78 is 6.72. The Morgan fingerprint density at radius 3 is 3.00 bits per heavy atom. The van der Waals surface area contributed by atoms with Crippen LogP contribution < -0.4 is 10.6 Å². The molecule has 0 unspecified atom stereocenters. The Morgan fingerprint density at radius 1 is 1.48 bits per heavy atom. The number of fused-ring (bicyclic) bond motifs is 1. The van der Waals surface area contributed by atoms with Gasteiger partial charge in [-0.1, -0.05) is 6.07 Å². The minimum atomic E-state index is -0.542. The van der Waals surface area contributed by atoms with Gasteiger partial charge >= 0.3 is 6.09 Å². The Labute approximate surface area is 136 Å². The SMILES string of the molecule is CC(C)(C)OC(=O)n1ncc2c(NC[C@H]3CCCN3)cccc21. The van der Waals surface area contributed by atoms with Crippen LogP contribution in [0, 0.1) is 0 Å². The maximum absolute atomic E-state index is 12.3. The molecule has 1 atom stereocenters. The molecule has 0 bridgehead atoms. The zero-order chi connectivity index (χ0) is 16.4. The van der Waals surface area contributed by atoms with Crippen LogP contribution in [0.2, 0.25) is 0 Å². The van der Waals surface area contributed by atoms with Gasteiger partial charge < -0.3 is 15.4 Å². The molecule has 0 saturated carbocycles. The number of carbonyl (C=O) groups excluding carboxylic acids is 1. The lowest BCUT2D eigenvalue weighted by molar-refractivity contribution is 0.0523. The van der Waals surface area contributed by atoms with E-state index in [9.17, 15) is 4.79 Å². The quantitative estimate of drug-likeness (QED) is 0.911. The van der Waals surface area contributed by atoms with Crippen molar-refractivity contribution in [1.29, 1.82) is 0 Å². The number of nitrogens with zero attached hydrogens (tertiary/aromatic N) is 2. The van der Waals surface area contributed by atoms with Crippen molar-refractivity contribution in [2.24, 2.45) is 0 Å². The van der Waals surface area contributed by atoms with Crippen LogP contribution in [0.15, 0.2) is 24.4 Å². The fraction of sp³-hybridized carbons (Fsp3) is 0.529. The first-order valence-corrected chi connectivity index (χ1v) is 8.11. The van der Waals surface area contributed by atoms with Crippen LogP contribution in [0.25, 0.3) is 10.9 Å². The molecule has 0 radical (unpaired) electrons. The molecular formula is C17H24N4O2. The van der Waals surface area contributed by atoms with E-state index in [2.05, 4.69) is 15.7 Å². The molecule has 1 aromatic carbocycles. The summed E-state index contributed by atoms with van der Waals surface area (Å²) in [6.07, 6.45) is 3.68. The Kier molecular flexibility index (Phi) is 4.26. The number of nitrogens with one attached hydrogen (secondary N) is 2. The molecule has 1 fully saturated rings. The minimum absolute atomic E-state index is 0.456. The Balaban J connectivity index is 1.80. The van der Waals surface area contributed by atoms with Crippen molar-refractivity contribution >= 4 is 22.7 Å². The molecule has 1 aromatic heterocycles. The lowest BCUT2D eigenvalue weighted by atomic mass is 10.2. The van der Waals surface area contributed by atoms with Gasteiger partial charge in [0.15, 0.2) is 0 Å². The van der Waals surface area contributed by atoms with Crippen molar-refractivity contribution in [3.63, 3.8) is 0 Å². The fourth-order valence-electron chi connectivity index (χ4n) is 2.82. The second kappa shape index (κ2) is 6.20. The Hall–Kier alpha value is -2.08. The van der Waals surface area contributed by atoms with Gasteiger partial charge in [0, 0.05) is 23.7 Å². The van der Waals surface area contributed by atoms with E-state index in [0.29, 0.717) is 6.04 Å². The van der Waals surface area contributed by atoms with Crippen molar-refractivity contribution < 1.29 is 9.53 Å². The smallest absolute Gasteiger partial charge is 0.435 e. The molecule has 0 spiro atoms. The second-order valence-electron chi connectivity index (χ2n) is 6.95. The van der Waals surface area contributed by atoms with E-state index in [1.165, 1.54) is 17.5 Å². The molecule has 1 saturated heterocycles. The first-order chi connectivity index (χ1) is 10.9. The number of carbonyl (C=O) groups is 1. The number of ether oxygens (including phenoxy) is 1. The van der Waals surface area contributed by atoms with Gasteiger partial charge in [-0.05, 0) is 52.3 Å². The molecule has 0 aliphatic carbocycles. The van der Waals surface area contributed by atoms with Crippen LogP contribution in [-0.4, -0.2) is 40.6 Å². The monoisotopic (exact) mass is 316 g/mol. The first kappa shape index (κ1) is 15.8. The molecule has 2 aromatic rings. The second-order valence-corrected chi connectivity index (χ2v) is 6.95. The highest BCUT2D eigenvalue weighted by Crippen LogP contribution is 2.24. The van der Waals surface area contributed by atoms with Crippen LogP contribution in [0.3, 0.4) is 0 Å². The number of aromatic nitrogens is 2. The van der Waals surface area contributed by atoms with Crippen LogP contribution in [-0.2, 0) is 4.74 Å². The van der Waals surface area contributed by atoms with E-state index in [0.717, 1.165) is 29.7 Å². The highest BCUT2D eigenvalue weighted by atomic mass is 16.6. The third-order valence-corrected chi connectivity index (χ3v) is 3.88. The Morgan fingerprint density at radius 2 is 2.30 bits per heavy atom. The van der Waals surface area contributed by atoms with E-state index in [1.54, 1.807) is 6.20 Å². The third-order valence-electron chi connectivity index (χ3n) is 3.88. The molecule has 1 aliphatic rings. The number of hydrogen-bond donors (Lipinski definition) is 2. The van der Waals surface area contributed by atoms with Crippen LogP contribution in [0.1, 0.15) is 33.6 Å². The zero-order valence-corrected chi connectivity index (χ0v) is 13.9. The molecule has 124 valence electrons. The minimum Gasteiger partial charge on any atom is -0.442 e. The maximum Gasteiger partial charge on any atom is 0.435 e. The lowest BCUT2D eigenvalue weighted by Gasteiger charge is -2.19. The molecule has 0 amide bonds. The van der Waals surface area contributed by atoms with E-state index < -0.39 is 11.7 Å². The molecule has 2 heterocycles. The lowest BCUT2D eigenvalue weighted by Crippen LogP contribution is -2.29. The number of anilines is 1. The van der Waals surface area contributed by atoms with E-state index in [4.69, 9.17) is 4.74 Å². The van der Waals surface area contributed by atoms with E-state index in [-0.39, 0.29) is 0 Å². The molecule has 1 aliphatic heterocycles. The molecule has 6 nitrogen and oxygen atoms in total. The first-order valence-electron chi connectivity index (χ1n) is 8.11. The summed E-state index contributed by atoms with van der Waals surface area (Å²) >= 11 is 0. The van der Waals surface area contributed by atoms with Crippen molar-refractivity contribution in [2.75, 3.05) is 18.4 Å². The van der Waals surface area contributed by atoms with Crippen molar-refractivity contribution in [3.8, 4) is 0 Å². The van der Waals surface area contributed by atoms with Crippen molar-refractivity contribution in [1.82, 2.24) is 15.1 Å². The predicted molar refractivity (Wildman–Crippen MR) is 90.9 cm³/mol. The molecule has 2 N–H and O–H groups in total. The molecular weight excluding hydrogens is 292 g/mol. The summed E-state index contributed by atoms with van der Waals surface area (Å²) in [5.41, 5.74) is 1.20. The molecule has 23 heavy (non-hydrogen) atoms. The average molecular weight is 316 g/mol.